The molecule has 3 N–H and O–H groups in total. The number of aliphatic hydroxyl groups excluding tert-OH is 1. The molecule has 122 valence electrons. The Labute approximate surface area is 132 Å². The molecule has 0 saturated heterocycles. The summed E-state index contributed by atoms with van der Waals surface area (Å²) in [5.41, 5.74) is 0.524. The Morgan fingerprint density at radius 2 is 2.00 bits per heavy atom. The van der Waals surface area contributed by atoms with Crippen LogP contribution in [-0.4, -0.2) is 30.0 Å². The van der Waals surface area contributed by atoms with Crippen molar-refractivity contribution >= 4 is 11.8 Å². The van der Waals surface area contributed by atoms with E-state index in [1.165, 1.54) is 24.5 Å². The van der Waals surface area contributed by atoms with E-state index in [9.17, 15) is 19.1 Å². The van der Waals surface area contributed by atoms with Crippen LogP contribution < -0.4 is 10.6 Å². The maximum atomic E-state index is 13.0. The standard InChI is InChI=1S/C16H17FN2O4/c17-12-4-1-3-11(7-12)8-15(21)19-10-16(22)18-9-13(20)14-5-2-6-23-14/h1-7,13,20H,8-10H2,(H,18,22)(H,19,21). The normalized spacial score (nSPS) is 11.7. The third-order valence-electron chi connectivity index (χ3n) is 3.06. The molecule has 7 heteroatoms. The van der Waals surface area contributed by atoms with Gasteiger partial charge in [0.05, 0.1) is 25.8 Å². The topological polar surface area (TPSA) is 91.6 Å². The van der Waals surface area contributed by atoms with Crippen molar-refractivity contribution in [3.63, 3.8) is 0 Å². The van der Waals surface area contributed by atoms with Crippen molar-refractivity contribution in [1.29, 1.82) is 0 Å². The summed E-state index contributed by atoms with van der Waals surface area (Å²) in [7, 11) is 0. The van der Waals surface area contributed by atoms with Crippen molar-refractivity contribution < 1.29 is 23.5 Å². The van der Waals surface area contributed by atoms with E-state index >= 15 is 0 Å². The van der Waals surface area contributed by atoms with Gasteiger partial charge in [0.15, 0.2) is 0 Å². The maximum absolute atomic E-state index is 13.0. The van der Waals surface area contributed by atoms with Crippen LogP contribution in [0, 0.1) is 5.82 Å². The number of halogens is 1. The first-order chi connectivity index (χ1) is 11.0. The van der Waals surface area contributed by atoms with Gasteiger partial charge in [-0.3, -0.25) is 9.59 Å². The van der Waals surface area contributed by atoms with E-state index in [2.05, 4.69) is 10.6 Å². The molecule has 0 bridgehead atoms. The highest BCUT2D eigenvalue weighted by molar-refractivity contribution is 5.85. The predicted octanol–water partition coefficient (Wildman–Crippen LogP) is 0.927. The molecule has 1 aromatic carbocycles. The SMILES string of the molecule is O=C(CNC(=O)Cc1cccc(F)c1)NCC(O)c1ccco1. The lowest BCUT2D eigenvalue weighted by molar-refractivity contribution is -0.126. The Morgan fingerprint density at radius 3 is 2.70 bits per heavy atom. The molecule has 23 heavy (non-hydrogen) atoms. The zero-order valence-electron chi connectivity index (χ0n) is 12.3. The Bertz CT molecular complexity index is 658. The molecular formula is C16H17FN2O4. The average Bonchev–Trinajstić information content (AvgIpc) is 3.05. The molecule has 2 rings (SSSR count). The highest BCUT2D eigenvalue weighted by atomic mass is 19.1. The number of carbonyl (C=O) groups excluding carboxylic acids is 2. The summed E-state index contributed by atoms with van der Waals surface area (Å²) in [4.78, 5) is 23.3. The summed E-state index contributed by atoms with van der Waals surface area (Å²) in [5, 5.41) is 14.6. The summed E-state index contributed by atoms with van der Waals surface area (Å²) in [6.45, 7) is -0.245. The van der Waals surface area contributed by atoms with E-state index in [1.807, 2.05) is 0 Å². The van der Waals surface area contributed by atoms with Crippen LogP contribution in [0.4, 0.5) is 4.39 Å². The van der Waals surface area contributed by atoms with Crippen molar-refractivity contribution in [2.75, 3.05) is 13.1 Å². The van der Waals surface area contributed by atoms with E-state index in [4.69, 9.17) is 4.42 Å². The van der Waals surface area contributed by atoms with Gasteiger partial charge in [0.25, 0.3) is 0 Å². The van der Waals surface area contributed by atoms with Crippen LogP contribution in [0.3, 0.4) is 0 Å². The van der Waals surface area contributed by atoms with Crippen molar-refractivity contribution in [3.05, 3.63) is 59.8 Å². The van der Waals surface area contributed by atoms with Crippen LogP contribution in [0.1, 0.15) is 17.4 Å². The van der Waals surface area contributed by atoms with Crippen molar-refractivity contribution in [1.82, 2.24) is 10.6 Å². The van der Waals surface area contributed by atoms with Crippen LogP contribution in [0.25, 0.3) is 0 Å². The molecule has 0 fully saturated rings. The lowest BCUT2D eigenvalue weighted by Gasteiger charge is -2.10. The molecular weight excluding hydrogens is 303 g/mol. The zero-order chi connectivity index (χ0) is 16.7. The first-order valence-corrected chi connectivity index (χ1v) is 7.04. The molecule has 1 unspecified atom stereocenters. The largest absolute Gasteiger partial charge is 0.467 e. The predicted molar refractivity (Wildman–Crippen MR) is 79.8 cm³/mol. The lowest BCUT2D eigenvalue weighted by Crippen LogP contribution is -2.39. The highest BCUT2D eigenvalue weighted by Gasteiger charge is 2.12. The fraction of sp³-hybridized carbons (Fsp3) is 0.250. The molecule has 0 aliphatic heterocycles. The monoisotopic (exact) mass is 320 g/mol. The Balaban J connectivity index is 1.68. The number of hydrogen-bond acceptors (Lipinski definition) is 4. The van der Waals surface area contributed by atoms with E-state index < -0.39 is 23.7 Å². The molecule has 2 aromatic rings. The van der Waals surface area contributed by atoms with Gasteiger partial charge < -0.3 is 20.2 Å². The van der Waals surface area contributed by atoms with E-state index in [0.29, 0.717) is 11.3 Å². The second-order valence-electron chi connectivity index (χ2n) is 4.92. The van der Waals surface area contributed by atoms with Gasteiger partial charge in [-0.05, 0) is 29.8 Å². The molecule has 0 saturated carbocycles. The van der Waals surface area contributed by atoms with Gasteiger partial charge >= 0.3 is 0 Å². The van der Waals surface area contributed by atoms with E-state index in [-0.39, 0.29) is 19.5 Å². The van der Waals surface area contributed by atoms with Gasteiger partial charge in [-0.2, -0.15) is 0 Å². The summed E-state index contributed by atoms with van der Waals surface area (Å²) in [6.07, 6.45) is 0.463. The molecule has 1 aromatic heterocycles. The number of aliphatic hydroxyl groups is 1. The highest BCUT2D eigenvalue weighted by Crippen LogP contribution is 2.11. The lowest BCUT2D eigenvalue weighted by atomic mass is 10.1. The molecule has 1 heterocycles. The van der Waals surface area contributed by atoms with E-state index in [0.717, 1.165) is 0 Å². The maximum Gasteiger partial charge on any atom is 0.239 e. The van der Waals surface area contributed by atoms with Crippen LogP contribution >= 0.6 is 0 Å². The number of carbonyl (C=O) groups is 2. The molecule has 2 amide bonds. The molecule has 0 spiro atoms. The zero-order valence-corrected chi connectivity index (χ0v) is 12.3. The number of furan rings is 1. The third-order valence-corrected chi connectivity index (χ3v) is 3.06. The first-order valence-electron chi connectivity index (χ1n) is 7.04. The van der Waals surface area contributed by atoms with Gasteiger partial charge in [-0.15, -0.1) is 0 Å². The van der Waals surface area contributed by atoms with Crippen molar-refractivity contribution in [2.45, 2.75) is 12.5 Å². The smallest absolute Gasteiger partial charge is 0.239 e. The first kappa shape index (κ1) is 16.7. The molecule has 6 nitrogen and oxygen atoms in total. The second kappa shape index (κ2) is 8.09. The number of rotatable bonds is 7. The minimum atomic E-state index is -0.947. The van der Waals surface area contributed by atoms with Crippen LogP contribution in [0.2, 0.25) is 0 Å². The van der Waals surface area contributed by atoms with Crippen LogP contribution in [-0.2, 0) is 16.0 Å². The summed E-state index contributed by atoms with van der Waals surface area (Å²) >= 11 is 0. The summed E-state index contributed by atoms with van der Waals surface area (Å²) in [5.74, 6) is -0.902. The van der Waals surface area contributed by atoms with Crippen molar-refractivity contribution in [2.24, 2.45) is 0 Å². The van der Waals surface area contributed by atoms with Crippen LogP contribution in [0.5, 0.6) is 0 Å². The quantitative estimate of drug-likeness (QED) is 0.708. The minimum Gasteiger partial charge on any atom is -0.467 e. The average molecular weight is 320 g/mol. The second-order valence-corrected chi connectivity index (χ2v) is 4.92. The van der Waals surface area contributed by atoms with Crippen LogP contribution in [0.15, 0.2) is 47.1 Å². The fourth-order valence-electron chi connectivity index (χ4n) is 1.93. The number of hydrogen-bond donors (Lipinski definition) is 3. The van der Waals surface area contributed by atoms with Gasteiger partial charge in [0.1, 0.15) is 17.7 Å². The number of nitrogens with one attached hydrogen (secondary N) is 2. The van der Waals surface area contributed by atoms with Gasteiger partial charge in [-0.1, -0.05) is 12.1 Å². The molecule has 0 aliphatic rings. The molecule has 0 aliphatic carbocycles. The molecule has 1 atom stereocenters. The number of benzene rings is 1. The van der Waals surface area contributed by atoms with E-state index in [1.54, 1.807) is 18.2 Å². The summed E-state index contributed by atoms with van der Waals surface area (Å²) < 4.78 is 18.0. The number of amides is 2. The minimum absolute atomic E-state index is 0.0138. The van der Waals surface area contributed by atoms with Gasteiger partial charge in [0.2, 0.25) is 11.8 Å². The molecule has 0 radical (unpaired) electrons. The summed E-state index contributed by atoms with van der Waals surface area (Å²) in [6, 6.07) is 8.92. The third kappa shape index (κ3) is 5.55. The van der Waals surface area contributed by atoms with Gasteiger partial charge in [-0.25, -0.2) is 4.39 Å². The van der Waals surface area contributed by atoms with Gasteiger partial charge in [0, 0.05) is 0 Å². The fourth-order valence-corrected chi connectivity index (χ4v) is 1.93. The Hall–Kier alpha value is -2.67. The van der Waals surface area contributed by atoms with Crippen molar-refractivity contribution in [3.8, 4) is 0 Å². The Morgan fingerprint density at radius 1 is 1.17 bits per heavy atom. The Kier molecular flexibility index (Phi) is 5.87.